The van der Waals surface area contributed by atoms with Crippen LogP contribution in [0.3, 0.4) is 0 Å². The molecule has 156 valence electrons. The van der Waals surface area contributed by atoms with Crippen molar-refractivity contribution in [2.75, 3.05) is 45.8 Å². The Labute approximate surface area is 169 Å². The summed E-state index contributed by atoms with van der Waals surface area (Å²) in [5, 5.41) is 7.19. The van der Waals surface area contributed by atoms with Crippen molar-refractivity contribution >= 4 is 11.6 Å². The van der Waals surface area contributed by atoms with Gasteiger partial charge in [0, 0.05) is 56.6 Å². The molecule has 0 atom stereocenters. The summed E-state index contributed by atoms with van der Waals surface area (Å²) in [4.78, 5) is 6.85. The van der Waals surface area contributed by atoms with Crippen molar-refractivity contribution < 1.29 is 9.47 Å². The number of methoxy groups -OCH3 is 2. The van der Waals surface area contributed by atoms with Crippen LogP contribution in [0.25, 0.3) is 0 Å². The van der Waals surface area contributed by atoms with Crippen LogP contribution in [0.15, 0.2) is 23.2 Å². The number of rotatable bonds is 6. The molecule has 0 bridgehead atoms. The maximum atomic E-state index is 5.41. The van der Waals surface area contributed by atoms with E-state index in [2.05, 4.69) is 39.6 Å². The molecule has 1 saturated carbocycles. The molecule has 2 aliphatic rings. The van der Waals surface area contributed by atoms with Gasteiger partial charge < -0.3 is 25.0 Å². The number of guanidine groups is 1. The van der Waals surface area contributed by atoms with Crippen LogP contribution in [0.2, 0.25) is 0 Å². The quantitative estimate of drug-likeness (QED) is 0.578. The zero-order valence-corrected chi connectivity index (χ0v) is 17.9. The molecule has 2 N–H and O–H groups in total. The van der Waals surface area contributed by atoms with E-state index >= 15 is 0 Å². The molecule has 6 nitrogen and oxygen atoms in total. The number of nitrogens with zero attached hydrogens (tertiary/aromatic N) is 2. The maximum Gasteiger partial charge on any atom is 0.191 e. The van der Waals surface area contributed by atoms with Gasteiger partial charge in [0.2, 0.25) is 0 Å². The number of anilines is 1. The van der Waals surface area contributed by atoms with Crippen molar-refractivity contribution in [2.45, 2.75) is 51.5 Å². The Morgan fingerprint density at radius 3 is 2.25 bits per heavy atom. The van der Waals surface area contributed by atoms with Gasteiger partial charge in [-0.3, -0.25) is 4.99 Å². The molecule has 1 aliphatic carbocycles. The third kappa shape index (κ3) is 5.24. The first-order valence-corrected chi connectivity index (χ1v) is 10.5. The molecule has 3 rings (SSSR count). The molecule has 1 aliphatic heterocycles. The van der Waals surface area contributed by atoms with Crippen molar-refractivity contribution in [3.8, 4) is 11.5 Å². The van der Waals surface area contributed by atoms with Gasteiger partial charge in [-0.25, -0.2) is 0 Å². The Morgan fingerprint density at radius 2 is 1.71 bits per heavy atom. The lowest BCUT2D eigenvalue weighted by Gasteiger charge is -2.35. The molecule has 6 heteroatoms. The number of aliphatic imine (C=N–C) groups is 1. The van der Waals surface area contributed by atoms with Gasteiger partial charge in [0.05, 0.1) is 14.2 Å². The van der Waals surface area contributed by atoms with Gasteiger partial charge in [-0.2, -0.15) is 0 Å². The van der Waals surface area contributed by atoms with E-state index in [9.17, 15) is 0 Å². The first-order valence-electron chi connectivity index (χ1n) is 10.5. The van der Waals surface area contributed by atoms with Crippen LogP contribution in [0, 0.1) is 5.41 Å². The summed E-state index contributed by atoms with van der Waals surface area (Å²) >= 11 is 0. The molecule has 1 aromatic carbocycles. The third-order valence-electron chi connectivity index (χ3n) is 6.25. The average Bonchev–Trinajstić information content (AvgIpc) is 3.17. The molecule has 1 heterocycles. The van der Waals surface area contributed by atoms with E-state index in [1.54, 1.807) is 14.2 Å². The highest BCUT2D eigenvalue weighted by Gasteiger charge is 2.29. The van der Waals surface area contributed by atoms with Crippen LogP contribution in [0.4, 0.5) is 5.69 Å². The number of piperidine rings is 1. The molecule has 0 spiro atoms. The Bertz CT molecular complexity index is 640. The van der Waals surface area contributed by atoms with Crippen molar-refractivity contribution in [3.05, 3.63) is 18.2 Å². The van der Waals surface area contributed by atoms with Crippen LogP contribution in [-0.4, -0.2) is 52.9 Å². The highest BCUT2D eigenvalue weighted by Crippen LogP contribution is 2.36. The van der Waals surface area contributed by atoms with E-state index in [4.69, 9.17) is 9.47 Å². The minimum absolute atomic E-state index is 0.423. The molecular weight excluding hydrogens is 352 g/mol. The minimum Gasteiger partial charge on any atom is -0.497 e. The van der Waals surface area contributed by atoms with E-state index in [-0.39, 0.29) is 0 Å². The summed E-state index contributed by atoms with van der Waals surface area (Å²) < 4.78 is 10.8. The predicted molar refractivity (Wildman–Crippen MR) is 116 cm³/mol. The smallest absolute Gasteiger partial charge is 0.191 e. The molecule has 1 aromatic rings. The number of hydrogen-bond acceptors (Lipinski definition) is 4. The molecule has 2 fully saturated rings. The Morgan fingerprint density at radius 1 is 1.11 bits per heavy atom. The van der Waals surface area contributed by atoms with Gasteiger partial charge >= 0.3 is 0 Å². The summed E-state index contributed by atoms with van der Waals surface area (Å²) in [7, 11) is 5.25. The maximum absolute atomic E-state index is 5.41. The first kappa shape index (κ1) is 20.6. The second-order valence-electron chi connectivity index (χ2n) is 8.42. The molecule has 28 heavy (non-hydrogen) atoms. The van der Waals surface area contributed by atoms with E-state index in [1.807, 2.05) is 13.1 Å². The average molecular weight is 389 g/mol. The lowest BCUT2D eigenvalue weighted by Crippen LogP contribution is -2.50. The first-order chi connectivity index (χ1) is 13.5. The monoisotopic (exact) mass is 388 g/mol. The van der Waals surface area contributed by atoms with Gasteiger partial charge in [0.15, 0.2) is 5.96 Å². The topological polar surface area (TPSA) is 58.1 Å². The summed E-state index contributed by atoms with van der Waals surface area (Å²) in [6.07, 6.45) is 7.52. The standard InChI is InChI=1S/C22H36N4O2/c1-22(9-5-6-10-22)16-24-21(23-2)25-17-7-11-26(12-8-17)18-13-19(27-3)15-20(14-18)28-4/h13-15,17H,5-12,16H2,1-4H3,(H2,23,24,25). The summed E-state index contributed by atoms with van der Waals surface area (Å²) in [6, 6.07) is 6.53. The fraction of sp³-hybridized carbons (Fsp3) is 0.682. The molecule has 0 unspecified atom stereocenters. The summed E-state index contributed by atoms with van der Waals surface area (Å²) in [5.41, 5.74) is 1.58. The van der Waals surface area contributed by atoms with Crippen molar-refractivity contribution in [1.82, 2.24) is 10.6 Å². The Hall–Kier alpha value is -2.11. The second-order valence-corrected chi connectivity index (χ2v) is 8.42. The largest absolute Gasteiger partial charge is 0.497 e. The van der Waals surface area contributed by atoms with Crippen molar-refractivity contribution in [2.24, 2.45) is 10.4 Å². The highest BCUT2D eigenvalue weighted by atomic mass is 16.5. The highest BCUT2D eigenvalue weighted by molar-refractivity contribution is 5.80. The summed E-state index contributed by atoms with van der Waals surface area (Å²) in [6.45, 7) is 5.40. The zero-order valence-electron chi connectivity index (χ0n) is 17.9. The molecule has 0 radical (unpaired) electrons. The lowest BCUT2D eigenvalue weighted by atomic mass is 9.89. The predicted octanol–water partition coefficient (Wildman–Crippen LogP) is 3.42. The zero-order chi connectivity index (χ0) is 20.0. The van der Waals surface area contributed by atoms with Crippen LogP contribution in [0.5, 0.6) is 11.5 Å². The Kier molecular flexibility index (Phi) is 6.92. The SMILES string of the molecule is CN=C(NCC1(C)CCCC1)NC1CCN(c2cc(OC)cc(OC)c2)CC1. The van der Waals surface area contributed by atoms with Gasteiger partial charge in [-0.1, -0.05) is 19.8 Å². The normalized spacial score (nSPS) is 20.1. The van der Waals surface area contributed by atoms with Gasteiger partial charge in [-0.15, -0.1) is 0 Å². The van der Waals surface area contributed by atoms with E-state index in [0.29, 0.717) is 11.5 Å². The third-order valence-corrected chi connectivity index (χ3v) is 6.25. The molecule has 0 aromatic heterocycles. The second kappa shape index (κ2) is 9.39. The number of ether oxygens (including phenoxy) is 2. The minimum atomic E-state index is 0.423. The van der Waals surface area contributed by atoms with Gasteiger partial charge in [0.25, 0.3) is 0 Å². The van der Waals surface area contributed by atoms with Crippen LogP contribution < -0.4 is 25.0 Å². The van der Waals surface area contributed by atoms with Crippen LogP contribution in [0.1, 0.15) is 45.4 Å². The number of hydrogen-bond donors (Lipinski definition) is 2. The van der Waals surface area contributed by atoms with E-state index in [1.165, 1.54) is 25.7 Å². The fourth-order valence-corrected chi connectivity index (χ4v) is 4.35. The Balaban J connectivity index is 1.50. The fourth-order valence-electron chi connectivity index (χ4n) is 4.35. The van der Waals surface area contributed by atoms with Crippen LogP contribution in [-0.2, 0) is 0 Å². The molecule has 0 amide bonds. The van der Waals surface area contributed by atoms with Gasteiger partial charge in [-0.05, 0) is 31.1 Å². The summed E-state index contributed by atoms with van der Waals surface area (Å²) in [5.74, 6) is 2.61. The number of nitrogens with one attached hydrogen (secondary N) is 2. The van der Waals surface area contributed by atoms with Crippen LogP contribution >= 0.6 is 0 Å². The van der Waals surface area contributed by atoms with E-state index < -0.39 is 0 Å². The van der Waals surface area contributed by atoms with Gasteiger partial charge in [0.1, 0.15) is 11.5 Å². The van der Waals surface area contributed by atoms with Crippen molar-refractivity contribution in [1.29, 1.82) is 0 Å². The molecule has 1 saturated heterocycles. The molecular formula is C22H36N4O2. The van der Waals surface area contributed by atoms with Crippen molar-refractivity contribution in [3.63, 3.8) is 0 Å². The lowest BCUT2D eigenvalue weighted by molar-refractivity contribution is 0.332. The number of benzene rings is 1. The van der Waals surface area contributed by atoms with E-state index in [0.717, 1.165) is 55.6 Å².